The minimum absolute atomic E-state index is 0.0884. The van der Waals surface area contributed by atoms with E-state index in [1.54, 1.807) is 31.2 Å². The number of carbonyl (C=O) groups excluding carboxylic acids is 2. The SMILES string of the molecule is COCCN1CC2=C(C1=O)C(c1cccc([N+](=O)[O-])c1)NC(=O)N2C. The van der Waals surface area contributed by atoms with Crippen LogP contribution in [0.1, 0.15) is 11.6 Å². The molecule has 1 atom stereocenters. The fourth-order valence-electron chi connectivity index (χ4n) is 3.07. The third-order valence-corrected chi connectivity index (χ3v) is 4.41. The molecule has 1 unspecified atom stereocenters. The molecule has 0 fully saturated rings. The highest BCUT2D eigenvalue weighted by atomic mass is 16.6. The lowest BCUT2D eigenvalue weighted by atomic mass is 9.95. The Morgan fingerprint density at radius 1 is 1.40 bits per heavy atom. The summed E-state index contributed by atoms with van der Waals surface area (Å²) >= 11 is 0. The number of nitro benzene ring substituents is 1. The minimum Gasteiger partial charge on any atom is -0.383 e. The summed E-state index contributed by atoms with van der Waals surface area (Å²) in [5.41, 5.74) is 1.47. The molecule has 3 amide bonds. The lowest BCUT2D eigenvalue weighted by molar-refractivity contribution is -0.384. The van der Waals surface area contributed by atoms with Crippen LogP contribution in [0.2, 0.25) is 0 Å². The van der Waals surface area contributed by atoms with Gasteiger partial charge in [0, 0.05) is 32.8 Å². The summed E-state index contributed by atoms with van der Waals surface area (Å²) in [4.78, 5) is 38.6. The molecule has 0 radical (unpaired) electrons. The standard InChI is InChI=1S/C16H18N4O5/c1-18-12-9-19(6-7-25-2)15(21)13(12)14(17-16(18)22)10-4-3-5-11(8-10)20(23)24/h3-5,8,14H,6-7,9H2,1-2H3,(H,17,22). The normalized spacial score (nSPS) is 20.0. The molecule has 0 spiro atoms. The zero-order chi connectivity index (χ0) is 18.1. The quantitative estimate of drug-likeness (QED) is 0.633. The van der Waals surface area contributed by atoms with Gasteiger partial charge in [0.1, 0.15) is 0 Å². The number of urea groups is 1. The second-order valence-corrected chi connectivity index (χ2v) is 5.87. The van der Waals surface area contributed by atoms with Crippen molar-refractivity contribution in [2.24, 2.45) is 0 Å². The zero-order valence-corrected chi connectivity index (χ0v) is 13.9. The van der Waals surface area contributed by atoms with Crippen LogP contribution in [0.3, 0.4) is 0 Å². The van der Waals surface area contributed by atoms with Gasteiger partial charge >= 0.3 is 6.03 Å². The van der Waals surface area contributed by atoms with Crippen molar-refractivity contribution in [3.8, 4) is 0 Å². The number of non-ortho nitro benzene ring substituents is 1. The summed E-state index contributed by atoms with van der Waals surface area (Å²) < 4.78 is 5.02. The van der Waals surface area contributed by atoms with Crippen molar-refractivity contribution in [1.82, 2.24) is 15.1 Å². The molecule has 1 aromatic rings. The van der Waals surface area contributed by atoms with Crippen molar-refractivity contribution in [3.63, 3.8) is 0 Å². The topological polar surface area (TPSA) is 105 Å². The number of hydrogen-bond acceptors (Lipinski definition) is 5. The highest BCUT2D eigenvalue weighted by Gasteiger charge is 2.42. The van der Waals surface area contributed by atoms with Crippen LogP contribution < -0.4 is 5.32 Å². The Balaban J connectivity index is 1.99. The second-order valence-electron chi connectivity index (χ2n) is 5.87. The first-order valence-electron chi connectivity index (χ1n) is 7.74. The Labute approximate surface area is 144 Å². The summed E-state index contributed by atoms with van der Waals surface area (Å²) in [6.07, 6.45) is 0. The van der Waals surface area contributed by atoms with Gasteiger partial charge in [-0.2, -0.15) is 0 Å². The number of likely N-dealkylation sites (N-methyl/N-ethyl adjacent to an activating group) is 1. The average Bonchev–Trinajstić information content (AvgIpc) is 2.93. The molecule has 132 valence electrons. The number of amides is 3. The van der Waals surface area contributed by atoms with E-state index in [2.05, 4.69) is 5.32 Å². The fourth-order valence-corrected chi connectivity index (χ4v) is 3.07. The molecule has 0 aliphatic carbocycles. The van der Waals surface area contributed by atoms with Crippen LogP contribution in [0.4, 0.5) is 10.5 Å². The van der Waals surface area contributed by atoms with Gasteiger partial charge in [-0.15, -0.1) is 0 Å². The van der Waals surface area contributed by atoms with Gasteiger partial charge < -0.3 is 15.0 Å². The Hall–Kier alpha value is -2.94. The average molecular weight is 346 g/mol. The van der Waals surface area contributed by atoms with E-state index in [-0.39, 0.29) is 17.6 Å². The van der Waals surface area contributed by atoms with Crippen molar-refractivity contribution < 1.29 is 19.2 Å². The number of nitro groups is 1. The van der Waals surface area contributed by atoms with E-state index in [0.717, 1.165) is 0 Å². The van der Waals surface area contributed by atoms with Gasteiger partial charge in [-0.3, -0.25) is 19.8 Å². The van der Waals surface area contributed by atoms with E-state index in [1.165, 1.54) is 17.0 Å². The maximum absolute atomic E-state index is 12.8. The van der Waals surface area contributed by atoms with Crippen LogP contribution in [0, 0.1) is 10.1 Å². The van der Waals surface area contributed by atoms with Crippen molar-refractivity contribution in [2.75, 3.05) is 33.9 Å². The Bertz CT molecular complexity index is 776. The molecule has 9 nitrogen and oxygen atoms in total. The van der Waals surface area contributed by atoms with Crippen LogP contribution in [0.25, 0.3) is 0 Å². The van der Waals surface area contributed by atoms with E-state index in [0.29, 0.717) is 36.5 Å². The summed E-state index contributed by atoms with van der Waals surface area (Å²) in [6, 6.07) is 4.90. The molecule has 3 rings (SSSR count). The van der Waals surface area contributed by atoms with Crippen LogP contribution in [0.15, 0.2) is 35.5 Å². The summed E-state index contributed by atoms with van der Waals surface area (Å²) in [5, 5.41) is 13.8. The molecule has 25 heavy (non-hydrogen) atoms. The van der Waals surface area contributed by atoms with E-state index in [4.69, 9.17) is 4.74 Å². The Kier molecular flexibility index (Phi) is 4.41. The maximum atomic E-state index is 12.8. The van der Waals surface area contributed by atoms with Gasteiger partial charge in [0.15, 0.2) is 0 Å². The number of rotatable bonds is 5. The summed E-state index contributed by atoms with van der Waals surface area (Å²) in [5.74, 6) is -0.199. The van der Waals surface area contributed by atoms with Crippen molar-refractivity contribution in [1.29, 1.82) is 0 Å². The highest BCUT2D eigenvalue weighted by Crippen LogP contribution is 2.36. The van der Waals surface area contributed by atoms with E-state index in [1.807, 2.05) is 0 Å². The maximum Gasteiger partial charge on any atom is 0.322 e. The predicted molar refractivity (Wildman–Crippen MR) is 87.6 cm³/mol. The molecule has 2 aliphatic heterocycles. The molecule has 0 saturated heterocycles. The molecular formula is C16H18N4O5. The predicted octanol–water partition coefficient (Wildman–Crippen LogP) is 1.03. The van der Waals surface area contributed by atoms with E-state index in [9.17, 15) is 19.7 Å². The third kappa shape index (κ3) is 2.93. The molecule has 9 heteroatoms. The number of carbonyl (C=O) groups is 2. The van der Waals surface area contributed by atoms with Gasteiger partial charge in [-0.25, -0.2) is 4.79 Å². The Morgan fingerprint density at radius 2 is 2.16 bits per heavy atom. The van der Waals surface area contributed by atoms with Gasteiger partial charge in [-0.1, -0.05) is 12.1 Å². The van der Waals surface area contributed by atoms with Crippen LogP contribution in [-0.4, -0.2) is 60.5 Å². The molecule has 1 aromatic carbocycles. The molecule has 0 saturated carbocycles. The highest BCUT2D eigenvalue weighted by molar-refractivity contribution is 6.01. The second kappa shape index (κ2) is 6.52. The van der Waals surface area contributed by atoms with Gasteiger partial charge in [0.05, 0.1) is 35.4 Å². The molecule has 1 N–H and O–H groups in total. The van der Waals surface area contributed by atoms with Crippen LogP contribution in [0.5, 0.6) is 0 Å². The van der Waals surface area contributed by atoms with Gasteiger partial charge in [-0.05, 0) is 5.56 Å². The first-order chi connectivity index (χ1) is 11.9. The zero-order valence-electron chi connectivity index (χ0n) is 13.9. The van der Waals surface area contributed by atoms with Crippen LogP contribution in [-0.2, 0) is 9.53 Å². The number of benzene rings is 1. The molecular weight excluding hydrogens is 328 g/mol. The van der Waals surface area contributed by atoms with Crippen molar-refractivity contribution in [2.45, 2.75) is 6.04 Å². The summed E-state index contributed by atoms with van der Waals surface area (Å²) in [7, 11) is 3.15. The molecule has 2 aliphatic rings. The Morgan fingerprint density at radius 3 is 2.84 bits per heavy atom. The number of methoxy groups -OCH3 is 1. The minimum atomic E-state index is -0.710. The fraction of sp³-hybridized carbons (Fsp3) is 0.375. The largest absolute Gasteiger partial charge is 0.383 e. The third-order valence-electron chi connectivity index (χ3n) is 4.41. The number of ether oxygens (including phenoxy) is 1. The smallest absolute Gasteiger partial charge is 0.322 e. The monoisotopic (exact) mass is 346 g/mol. The number of nitrogens with one attached hydrogen (secondary N) is 1. The van der Waals surface area contributed by atoms with Crippen molar-refractivity contribution in [3.05, 3.63) is 51.2 Å². The first kappa shape index (κ1) is 16.9. The van der Waals surface area contributed by atoms with Gasteiger partial charge in [0.25, 0.3) is 11.6 Å². The van der Waals surface area contributed by atoms with E-state index >= 15 is 0 Å². The van der Waals surface area contributed by atoms with E-state index < -0.39 is 11.0 Å². The lowest BCUT2D eigenvalue weighted by Gasteiger charge is -2.31. The number of hydrogen-bond donors (Lipinski definition) is 1. The van der Waals surface area contributed by atoms with Crippen molar-refractivity contribution >= 4 is 17.6 Å². The first-order valence-corrected chi connectivity index (χ1v) is 7.74. The molecule has 0 bridgehead atoms. The molecule has 0 aromatic heterocycles. The molecule has 2 heterocycles. The lowest BCUT2D eigenvalue weighted by Crippen LogP contribution is -2.45. The van der Waals surface area contributed by atoms with Gasteiger partial charge in [0.2, 0.25) is 0 Å². The number of nitrogens with zero attached hydrogens (tertiary/aromatic N) is 3. The summed E-state index contributed by atoms with van der Waals surface area (Å²) in [6.45, 7) is 1.11. The van der Waals surface area contributed by atoms with Crippen LogP contribution >= 0.6 is 0 Å².